The Morgan fingerprint density at radius 1 is 1.03 bits per heavy atom. The molecule has 2 aliphatic heterocycles. The molecule has 1 N–H and O–H groups in total. The van der Waals surface area contributed by atoms with Crippen molar-refractivity contribution in [1.82, 2.24) is 20.0 Å². The van der Waals surface area contributed by atoms with Gasteiger partial charge in [-0.3, -0.25) is 9.89 Å². The normalized spacial score (nSPS) is 19.4. The van der Waals surface area contributed by atoms with Crippen LogP contribution in [0.5, 0.6) is 11.5 Å². The zero-order chi connectivity index (χ0) is 21.5. The molecule has 1 atom stereocenters. The van der Waals surface area contributed by atoms with E-state index in [1.807, 2.05) is 0 Å². The molecule has 0 spiro atoms. The highest BCUT2D eigenvalue weighted by Gasteiger charge is 2.23. The number of benzene rings is 1. The summed E-state index contributed by atoms with van der Waals surface area (Å²) in [6.07, 6.45) is 0.981. The Hall–Kier alpha value is -1.99. The van der Waals surface area contributed by atoms with Gasteiger partial charge in [0, 0.05) is 51.9 Å². The average molecular weight is 418 g/mol. The van der Waals surface area contributed by atoms with Gasteiger partial charge in [0.15, 0.2) is 17.5 Å². The van der Waals surface area contributed by atoms with Crippen LogP contribution in [0.15, 0.2) is 17.1 Å². The molecule has 0 aromatic heterocycles. The Bertz CT molecular complexity index is 716. The van der Waals surface area contributed by atoms with Gasteiger partial charge in [-0.1, -0.05) is 6.92 Å². The van der Waals surface area contributed by atoms with Crippen molar-refractivity contribution in [2.75, 3.05) is 66.6 Å². The summed E-state index contributed by atoms with van der Waals surface area (Å²) in [5.74, 6) is 2.61. The molecule has 1 unspecified atom stereocenters. The number of hydrogen-bond donors (Lipinski definition) is 1. The SMILES string of the molecule is CCNC(=NCC(C)N1CCN(CC)CC1)N1CCc2cc(OC)c(OC)cc2C1. The Balaban J connectivity index is 1.66. The first-order valence-corrected chi connectivity index (χ1v) is 11.3. The molecule has 0 radical (unpaired) electrons. The number of guanidine groups is 1. The minimum absolute atomic E-state index is 0.457. The van der Waals surface area contributed by atoms with E-state index < -0.39 is 0 Å². The number of nitrogens with zero attached hydrogens (tertiary/aromatic N) is 4. The van der Waals surface area contributed by atoms with Crippen LogP contribution in [0.4, 0.5) is 0 Å². The zero-order valence-corrected chi connectivity index (χ0v) is 19.4. The maximum atomic E-state index is 5.51. The van der Waals surface area contributed by atoms with Gasteiger partial charge in [0.05, 0.1) is 20.8 Å². The molecule has 1 aromatic rings. The Morgan fingerprint density at radius 3 is 2.30 bits per heavy atom. The van der Waals surface area contributed by atoms with E-state index in [1.54, 1.807) is 14.2 Å². The molecule has 0 saturated carbocycles. The van der Waals surface area contributed by atoms with Crippen LogP contribution < -0.4 is 14.8 Å². The highest BCUT2D eigenvalue weighted by Crippen LogP contribution is 2.33. The number of piperazine rings is 1. The van der Waals surface area contributed by atoms with E-state index >= 15 is 0 Å². The summed E-state index contributed by atoms with van der Waals surface area (Å²) in [4.78, 5) is 12.5. The van der Waals surface area contributed by atoms with Gasteiger partial charge in [-0.15, -0.1) is 0 Å². The minimum Gasteiger partial charge on any atom is -0.493 e. The monoisotopic (exact) mass is 417 g/mol. The largest absolute Gasteiger partial charge is 0.493 e. The lowest BCUT2D eigenvalue weighted by molar-refractivity contribution is 0.109. The van der Waals surface area contributed by atoms with Crippen LogP contribution in [0.1, 0.15) is 31.9 Å². The van der Waals surface area contributed by atoms with Crippen molar-refractivity contribution < 1.29 is 9.47 Å². The van der Waals surface area contributed by atoms with E-state index in [0.29, 0.717) is 6.04 Å². The van der Waals surface area contributed by atoms with Crippen LogP contribution in [0.25, 0.3) is 0 Å². The number of ether oxygens (including phenoxy) is 2. The van der Waals surface area contributed by atoms with Crippen LogP contribution >= 0.6 is 0 Å². The molecule has 1 saturated heterocycles. The molecule has 0 aliphatic carbocycles. The molecule has 3 rings (SSSR count). The van der Waals surface area contributed by atoms with E-state index in [2.05, 4.69) is 52.9 Å². The first-order chi connectivity index (χ1) is 14.6. The maximum absolute atomic E-state index is 5.51. The first kappa shape index (κ1) is 22.7. The Labute approximate surface area is 182 Å². The van der Waals surface area contributed by atoms with Crippen LogP contribution in [0.3, 0.4) is 0 Å². The molecule has 2 heterocycles. The van der Waals surface area contributed by atoms with Crippen molar-refractivity contribution >= 4 is 5.96 Å². The molecule has 2 aliphatic rings. The summed E-state index contributed by atoms with van der Waals surface area (Å²) in [7, 11) is 3.39. The maximum Gasteiger partial charge on any atom is 0.194 e. The molecule has 1 aromatic carbocycles. The summed E-state index contributed by atoms with van der Waals surface area (Å²) in [6, 6.07) is 4.69. The highest BCUT2D eigenvalue weighted by molar-refractivity contribution is 5.80. The molecular formula is C23H39N5O2. The molecule has 7 heteroatoms. The van der Waals surface area contributed by atoms with Crippen LogP contribution in [0.2, 0.25) is 0 Å². The zero-order valence-electron chi connectivity index (χ0n) is 19.4. The summed E-state index contributed by atoms with van der Waals surface area (Å²) >= 11 is 0. The molecule has 0 bridgehead atoms. The number of likely N-dealkylation sites (N-methyl/N-ethyl adjacent to an activating group) is 1. The Kier molecular flexibility index (Phi) is 8.22. The van der Waals surface area contributed by atoms with Gasteiger partial charge in [-0.2, -0.15) is 0 Å². The van der Waals surface area contributed by atoms with Crippen molar-refractivity contribution in [1.29, 1.82) is 0 Å². The van der Waals surface area contributed by atoms with Crippen molar-refractivity contribution in [3.63, 3.8) is 0 Å². The third kappa shape index (κ3) is 5.38. The van der Waals surface area contributed by atoms with E-state index in [-0.39, 0.29) is 0 Å². The number of nitrogens with one attached hydrogen (secondary N) is 1. The standard InChI is InChI=1S/C23H39N5O2/c1-6-24-23(25-16-18(3)27-12-10-26(7-2)11-13-27)28-9-8-19-14-21(29-4)22(30-5)15-20(19)17-28/h14-15,18H,6-13,16-17H2,1-5H3,(H,24,25). The lowest BCUT2D eigenvalue weighted by Crippen LogP contribution is -2.50. The predicted octanol–water partition coefficient (Wildman–Crippen LogP) is 2.05. The number of rotatable bonds is 7. The first-order valence-electron chi connectivity index (χ1n) is 11.3. The van der Waals surface area contributed by atoms with Gasteiger partial charge < -0.3 is 24.6 Å². The van der Waals surface area contributed by atoms with Crippen molar-refractivity contribution in [3.05, 3.63) is 23.3 Å². The number of hydrogen-bond acceptors (Lipinski definition) is 5. The van der Waals surface area contributed by atoms with E-state index in [4.69, 9.17) is 14.5 Å². The highest BCUT2D eigenvalue weighted by atomic mass is 16.5. The summed E-state index contributed by atoms with van der Waals surface area (Å²) in [5.41, 5.74) is 2.62. The fraction of sp³-hybridized carbons (Fsp3) is 0.696. The van der Waals surface area contributed by atoms with Gasteiger partial charge in [0.1, 0.15) is 0 Å². The van der Waals surface area contributed by atoms with Crippen LogP contribution in [0, 0.1) is 0 Å². The summed E-state index contributed by atoms with van der Waals surface area (Å²) < 4.78 is 11.0. The van der Waals surface area contributed by atoms with Crippen molar-refractivity contribution in [2.24, 2.45) is 4.99 Å². The summed E-state index contributed by atoms with van der Waals surface area (Å²) in [6.45, 7) is 15.9. The number of methoxy groups -OCH3 is 2. The third-order valence-corrected chi connectivity index (χ3v) is 6.34. The molecule has 168 valence electrons. The van der Waals surface area contributed by atoms with Gasteiger partial charge in [0.25, 0.3) is 0 Å². The smallest absolute Gasteiger partial charge is 0.194 e. The number of aliphatic imine (C=N–C) groups is 1. The lowest BCUT2D eigenvalue weighted by atomic mass is 9.99. The van der Waals surface area contributed by atoms with Gasteiger partial charge in [-0.05, 0) is 50.1 Å². The molecule has 30 heavy (non-hydrogen) atoms. The topological polar surface area (TPSA) is 52.6 Å². The second kappa shape index (κ2) is 10.9. The van der Waals surface area contributed by atoms with Crippen molar-refractivity contribution in [3.8, 4) is 11.5 Å². The number of fused-ring (bicyclic) bond motifs is 1. The van der Waals surface area contributed by atoms with E-state index in [0.717, 1.165) is 69.7 Å². The molecule has 1 fully saturated rings. The average Bonchev–Trinajstić information content (AvgIpc) is 2.80. The lowest BCUT2D eigenvalue weighted by Gasteiger charge is -2.37. The quantitative estimate of drug-likeness (QED) is 0.541. The van der Waals surface area contributed by atoms with Crippen molar-refractivity contribution in [2.45, 2.75) is 39.8 Å². The van der Waals surface area contributed by atoms with Gasteiger partial charge in [-0.25, -0.2) is 0 Å². The second-order valence-electron chi connectivity index (χ2n) is 8.16. The van der Waals surface area contributed by atoms with Crippen LogP contribution in [-0.2, 0) is 13.0 Å². The fourth-order valence-electron chi connectivity index (χ4n) is 4.34. The minimum atomic E-state index is 0.457. The molecule has 7 nitrogen and oxygen atoms in total. The molecule has 0 amide bonds. The van der Waals surface area contributed by atoms with E-state index in [9.17, 15) is 0 Å². The van der Waals surface area contributed by atoms with Gasteiger partial charge >= 0.3 is 0 Å². The summed E-state index contributed by atoms with van der Waals surface area (Å²) in [5, 5.41) is 3.50. The fourth-order valence-corrected chi connectivity index (χ4v) is 4.34. The van der Waals surface area contributed by atoms with Crippen LogP contribution in [-0.4, -0.2) is 93.3 Å². The predicted molar refractivity (Wildman–Crippen MR) is 123 cm³/mol. The molecular weight excluding hydrogens is 378 g/mol. The second-order valence-corrected chi connectivity index (χ2v) is 8.16. The Morgan fingerprint density at radius 2 is 1.70 bits per heavy atom. The van der Waals surface area contributed by atoms with E-state index in [1.165, 1.54) is 24.2 Å². The third-order valence-electron chi connectivity index (χ3n) is 6.34. The van der Waals surface area contributed by atoms with Gasteiger partial charge in [0.2, 0.25) is 0 Å².